The van der Waals surface area contributed by atoms with Gasteiger partial charge in [0.1, 0.15) is 6.54 Å². The maximum atomic E-state index is 12.1. The SMILES string of the molecule is CC(C)CC(=O)NC[C@H](c1ccco1)[NH+]1CCc2ccccc2C1. The van der Waals surface area contributed by atoms with E-state index in [2.05, 4.69) is 43.4 Å². The predicted octanol–water partition coefficient (Wildman–Crippen LogP) is 2.12. The Balaban J connectivity index is 1.71. The van der Waals surface area contributed by atoms with Gasteiger partial charge in [0.25, 0.3) is 0 Å². The van der Waals surface area contributed by atoms with Gasteiger partial charge in [-0.25, -0.2) is 0 Å². The maximum Gasteiger partial charge on any atom is 0.220 e. The van der Waals surface area contributed by atoms with Crippen LogP contribution in [0.15, 0.2) is 47.1 Å². The molecule has 0 fully saturated rings. The van der Waals surface area contributed by atoms with Gasteiger partial charge in [-0.15, -0.1) is 0 Å². The highest BCUT2D eigenvalue weighted by Crippen LogP contribution is 2.15. The Morgan fingerprint density at radius 1 is 1.21 bits per heavy atom. The fourth-order valence-corrected chi connectivity index (χ4v) is 3.49. The van der Waals surface area contributed by atoms with E-state index in [0.29, 0.717) is 18.9 Å². The Kier molecular flexibility index (Phi) is 5.36. The van der Waals surface area contributed by atoms with E-state index in [-0.39, 0.29) is 11.9 Å². The minimum absolute atomic E-state index is 0.123. The molecular formula is C20H27N2O2+. The second kappa shape index (κ2) is 7.67. The molecule has 0 spiro atoms. The molecule has 0 saturated heterocycles. The molecule has 0 radical (unpaired) electrons. The quantitative estimate of drug-likeness (QED) is 0.854. The summed E-state index contributed by atoms with van der Waals surface area (Å²) in [6, 6.07) is 12.8. The third-order valence-corrected chi connectivity index (χ3v) is 4.73. The summed E-state index contributed by atoms with van der Waals surface area (Å²) in [5.74, 6) is 1.45. The maximum absolute atomic E-state index is 12.1. The van der Waals surface area contributed by atoms with Crippen molar-refractivity contribution in [3.8, 4) is 0 Å². The third-order valence-electron chi connectivity index (χ3n) is 4.73. The van der Waals surface area contributed by atoms with Gasteiger partial charge in [-0.2, -0.15) is 0 Å². The number of amides is 1. The molecule has 0 saturated carbocycles. The van der Waals surface area contributed by atoms with Gasteiger partial charge in [-0.3, -0.25) is 4.79 Å². The number of fused-ring (bicyclic) bond motifs is 1. The molecule has 128 valence electrons. The van der Waals surface area contributed by atoms with E-state index in [0.717, 1.165) is 25.3 Å². The van der Waals surface area contributed by atoms with Crippen LogP contribution in [0, 0.1) is 5.92 Å². The number of rotatable bonds is 6. The van der Waals surface area contributed by atoms with Crippen molar-refractivity contribution >= 4 is 5.91 Å². The molecule has 1 aromatic carbocycles. The van der Waals surface area contributed by atoms with Crippen molar-refractivity contribution in [2.45, 2.75) is 39.3 Å². The number of quaternary nitrogens is 1. The van der Waals surface area contributed by atoms with Crippen molar-refractivity contribution in [2.75, 3.05) is 13.1 Å². The molecule has 2 heterocycles. The topological polar surface area (TPSA) is 46.7 Å². The molecule has 1 aromatic heterocycles. The first kappa shape index (κ1) is 16.8. The Labute approximate surface area is 143 Å². The van der Waals surface area contributed by atoms with E-state index in [1.165, 1.54) is 16.0 Å². The smallest absolute Gasteiger partial charge is 0.220 e. The van der Waals surface area contributed by atoms with Crippen molar-refractivity contribution in [3.63, 3.8) is 0 Å². The van der Waals surface area contributed by atoms with Crippen molar-refractivity contribution < 1.29 is 14.1 Å². The van der Waals surface area contributed by atoms with Gasteiger partial charge in [0.05, 0.1) is 19.4 Å². The number of nitrogens with one attached hydrogen (secondary N) is 2. The number of carbonyl (C=O) groups excluding carboxylic acids is 1. The van der Waals surface area contributed by atoms with E-state index < -0.39 is 0 Å². The summed E-state index contributed by atoms with van der Waals surface area (Å²) in [5, 5.41) is 3.10. The summed E-state index contributed by atoms with van der Waals surface area (Å²) in [4.78, 5) is 13.5. The van der Waals surface area contributed by atoms with Gasteiger partial charge in [0.15, 0.2) is 11.8 Å². The Hall–Kier alpha value is -2.07. The first-order valence-corrected chi connectivity index (χ1v) is 8.85. The van der Waals surface area contributed by atoms with Gasteiger partial charge in [-0.1, -0.05) is 38.1 Å². The minimum Gasteiger partial charge on any atom is -0.463 e. The highest BCUT2D eigenvalue weighted by molar-refractivity contribution is 5.76. The van der Waals surface area contributed by atoms with Gasteiger partial charge in [-0.05, 0) is 23.6 Å². The molecule has 0 aliphatic carbocycles. The second-order valence-corrected chi connectivity index (χ2v) is 7.07. The number of furan rings is 1. The predicted molar refractivity (Wildman–Crippen MR) is 93.6 cm³/mol. The molecule has 1 unspecified atom stereocenters. The number of benzene rings is 1. The molecule has 1 amide bonds. The van der Waals surface area contributed by atoms with Crippen LogP contribution in [0.2, 0.25) is 0 Å². The van der Waals surface area contributed by atoms with E-state index >= 15 is 0 Å². The van der Waals surface area contributed by atoms with Crippen LogP contribution in [0.25, 0.3) is 0 Å². The Morgan fingerprint density at radius 3 is 2.71 bits per heavy atom. The molecule has 4 nitrogen and oxygen atoms in total. The van der Waals surface area contributed by atoms with E-state index in [4.69, 9.17) is 4.42 Å². The first-order chi connectivity index (χ1) is 11.6. The molecule has 3 rings (SSSR count). The molecule has 1 aliphatic heterocycles. The molecule has 4 heteroatoms. The van der Waals surface area contributed by atoms with Gasteiger partial charge in [0.2, 0.25) is 5.91 Å². The molecule has 2 atom stereocenters. The monoisotopic (exact) mass is 327 g/mol. The summed E-state index contributed by atoms with van der Waals surface area (Å²) in [6.45, 7) is 6.79. The third kappa shape index (κ3) is 4.06. The van der Waals surface area contributed by atoms with Crippen molar-refractivity contribution in [3.05, 3.63) is 59.5 Å². The zero-order valence-electron chi connectivity index (χ0n) is 14.5. The van der Waals surface area contributed by atoms with E-state index in [9.17, 15) is 4.79 Å². The number of carbonyl (C=O) groups is 1. The molecule has 2 aromatic rings. The summed E-state index contributed by atoms with van der Waals surface area (Å²) >= 11 is 0. The van der Waals surface area contributed by atoms with E-state index in [1.807, 2.05) is 12.1 Å². The number of hydrogen-bond acceptors (Lipinski definition) is 2. The van der Waals surface area contributed by atoms with Crippen molar-refractivity contribution in [1.29, 1.82) is 0 Å². The fourth-order valence-electron chi connectivity index (χ4n) is 3.49. The van der Waals surface area contributed by atoms with Crippen molar-refractivity contribution in [1.82, 2.24) is 5.32 Å². The zero-order chi connectivity index (χ0) is 16.9. The van der Waals surface area contributed by atoms with Crippen LogP contribution in [-0.2, 0) is 17.8 Å². The van der Waals surface area contributed by atoms with Crippen LogP contribution in [0.5, 0.6) is 0 Å². The van der Waals surface area contributed by atoms with Gasteiger partial charge in [0, 0.05) is 18.4 Å². The molecular weight excluding hydrogens is 300 g/mol. The van der Waals surface area contributed by atoms with Gasteiger partial charge >= 0.3 is 0 Å². The summed E-state index contributed by atoms with van der Waals surface area (Å²) < 4.78 is 5.68. The average Bonchev–Trinajstić information content (AvgIpc) is 3.08. The van der Waals surface area contributed by atoms with Crippen LogP contribution < -0.4 is 10.2 Å². The van der Waals surface area contributed by atoms with Gasteiger partial charge < -0.3 is 14.6 Å². The van der Waals surface area contributed by atoms with Crippen LogP contribution in [0.1, 0.15) is 43.2 Å². The lowest BCUT2D eigenvalue weighted by atomic mass is 9.98. The Bertz CT molecular complexity index is 664. The Morgan fingerprint density at radius 2 is 2.00 bits per heavy atom. The molecule has 1 aliphatic rings. The lowest BCUT2D eigenvalue weighted by Gasteiger charge is -2.31. The summed E-state index contributed by atoms with van der Waals surface area (Å²) in [5.41, 5.74) is 2.85. The largest absolute Gasteiger partial charge is 0.463 e. The summed E-state index contributed by atoms with van der Waals surface area (Å²) in [7, 11) is 0. The average molecular weight is 327 g/mol. The summed E-state index contributed by atoms with van der Waals surface area (Å²) in [6.07, 6.45) is 3.36. The van der Waals surface area contributed by atoms with E-state index in [1.54, 1.807) is 6.26 Å². The number of hydrogen-bond donors (Lipinski definition) is 2. The second-order valence-electron chi connectivity index (χ2n) is 7.07. The highest BCUT2D eigenvalue weighted by Gasteiger charge is 2.30. The normalized spacial score (nSPS) is 18.2. The van der Waals surface area contributed by atoms with Crippen LogP contribution in [0.3, 0.4) is 0 Å². The lowest BCUT2D eigenvalue weighted by Crippen LogP contribution is -3.12. The van der Waals surface area contributed by atoms with Crippen LogP contribution >= 0.6 is 0 Å². The standard InChI is InChI=1S/C20H26N2O2/c1-15(2)12-20(23)21-13-18(19-8-5-11-24-19)22-10-9-16-6-3-4-7-17(16)14-22/h3-8,11,15,18H,9-10,12-14H2,1-2H3,(H,21,23)/p+1/t18-/m1/s1. The van der Waals surface area contributed by atoms with Crippen molar-refractivity contribution in [2.24, 2.45) is 5.92 Å². The lowest BCUT2D eigenvalue weighted by molar-refractivity contribution is -0.946. The minimum atomic E-state index is 0.123. The molecule has 0 bridgehead atoms. The fraction of sp³-hybridized carbons (Fsp3) is 0.450. The highest BCUT2D eigenvalue weighted by atomic mass is 16.3. The molecule has 2 N–H and O–H groups in total. The molecule has 24 heavy (non-hydrogen) atoms. The zero-order valence-corrected chi connectivity index (χ0v) is 14.5. The first-order valence-electron chi connectivity index (χ1n) is 8.85. The van der Waals surface area contributed by atoms with Crippen LogP contribution in [-0.4, -0.2) is 19.0 Å². The van der Waals surface area contributed by atoms with Crippen LogP contribution in [0.4, 0.5) is 0 Å².